The van der Waals surface area contributed by atoms with Gasteiger partial charge in [-0.25, -0.2) is 0 Å². The zero-order valence-electron chi connectivity index (χ0n) is 17.0. The van der Waals surface area contributed by atoms with E-state index in [0.717, 1.165) is 37.2 Å². The number of methoxy groups -OCH3 is 1. The van der Waals surface area contributed by atoms with E-state index < -0.39 is 0 Å². The van der Waals surface area contributed by atoms with Crippen LogP contribution in [0.2, 0.25) is 0 Å². The van der Waals surface area contributed by atoms with Gasteiger partial charge in [0.05, 0.1) is 18.7 Å². The summed E-state index contributed by atoms with van der Waals surface area (Å²) < 4.78 is 5.14. The normalized spacial score (nSPS) is 15.1. The Kier molecular flexibility index (Phi) is 7.75. The number of rotatable bonds is 7. The SMILES string of the molecule is CN=C(NCC(=O)NCc1ccc(OC)cc1)NC1CCN(c2cccs2)CC1. The number of nitrogens with zero attached hydrogens (tertiary/aromatic N) is 2. The Balaban J connectivity index is 1.36. The van der Waals surface area contributed by atoms with Crippen molar-refractivity contribution < 1.29 is 9.53 Å². The number of carbonyl (C=O) groups excluding carboxylic acids is 1. The Morgan fingerprint density at radius 1 is 1.21 bits per heavy atom. The van der Waals surface area contributed by atoms with Gasteiger partial charge in [-0.3, -0.25) is 9.79 Å². The summed E-state index contributed by atoms with van der Waals surface area (Å²) in [4.78, 5) is 18.8. The van der Waals surface area contributed by atoms with E-state index in [1.54, 1.807) is 25.5 Å². The van der Waals surface area contributed by atoms with Crippen molar-refractivity contribution in [1.29, 1.82) is 0 Å². The number of benzene rings is 1. The lowest BCUT2D eigenvalue weighted by atomic mass is 10.1. The number of hydrogen-bond donors (Lipinski definition) is 3. The summed E-state index contributed by atoms with van der Waals surface area (Å²) in [6, 6.07) is 12.3. The summed E-state index contributed by atoms with van der Waals surface area (Å²) in [5.74, 6) is 1.40. The van der Waals surface area contributed by atoms with E-state index in [1.807, 2.05) is 24.3 Å². The van der Waals surface area contributed by atoms with Crippen molar-refractivity contribution in [3.8, 4) is 5.75 Å². The first-order chi connectivity index (χ1) is 14.2. The predicted molar refractivity (Wildman–Crippen MR) is 119 cm³/mol. The van der Waals surface area contributed by atoms with Gasteiger partial charge in [-0.2, -0.15) is 0 Å². The Morgan fingerprint density at radius 3 is 2.59 bits per heavy atom. The Morgan fingerprint density at radius 2 is 1.97 bits per heavy atom. The van der Waals surface area contributed by atoms with Gasteiger partial charge < -0.3 is 25.6 Å². The Hall–Kier alpha value is -2.74. The molecular weight excluding hydrogens is 386 g/mol. The van der Waals surface area contributed by atoms with Crippen LogP contribution >= 0.6 is 11.3 Å². The monoisotopic (exact) mass is 415 g/mol. The number of piperidine rings is 1. The van der Waals surface area contributed by atoms with Crippen LogP contribution in [0.5, 0.6) is 5.75 Å². The second-order valence-corrected chi connectivity index (χ2v) is 7.83. The van der Waals surface area contributed by atoms with Crippen LogP contribution in [0.1, 0.15) is 18.4 Å². The smallest absolute Gasteiger partial charge is 0.239 e. The third-order valence-electron chi connectivity index (χ3n) is 4.94. The van der Waals surface area contributed by atoms with Crippen molar-refractivity contribution in [2.24, 2.45) is 4.99 Å². The summed E-state index contributed by atoms with van der Waals surface area (Å²) in [7, 11) is 3.36. The zero-order chi connectivity index (χ0) is 20.5. The molecule has 3 rings (SSSR count). The molecule has 3 N–H and O–H groups in total. The maximum absolute atomic E-state index is 12.1. The van der Waals surface area contributed by atoms with Gasteiger partial charge in [0, 0.05) is 32.7 Å². The molecule has 156 valence electrons. The van der Waals surface area contributed by atoms with Crippen molar-refractivity contribution in [2.75, 3.05) is 38.7 Å². The third kappa shape index (κ3) is 6.39. The van der Waals surface area contributed by atoms with E-state index in [4.69, 9.17) is 4.74 Å². The van der Waals surface area contributed by atoms with Crippen molar-refractivity contribution in [2.45, 2.75) is 25.4 Å². The summed E-state index contributed by atoms with van der Waals surface area (Å²) in [6.07, 6.45) is 2.09. The molecule has 2 heterocycles. The van der Waals surface area contributed by atoms with Gasteiger partial charge in [0.25, 0.3) is 0 Å². The molecule has 1 aromatic carbocycles. The Bertz CT molecular complexity index is 784. The van der Waals surface area contributed by atoms with Crippen molar-refractivity contribution in [3.63, 3.8) is 0 Å². The molecule has 1 aliphatic rings. The first kappa shape index (κ1) is 21.0. The number of nitrogens with one attached hydrogen (secondary N) is 3. The maximum atomic E-state index is 12.1. The number of guanidine groups is 1. The van der Waals surface area contributed by atoms with Gasteiger partial charge in [0.15, 0.2) is 5.96 Å². The van der Waals surface area contributed by atoms with E-state index in [0.29, 0.717) is 18.5 Å². The first-order valence-electron chi connectivity index (χ1n) is 9.83. The molecule has 0 bridgehead atoms. The quantitative estimate of drug-likeness (QED) is 0.477. The van der Waals surface area contributed by atoms with Gasteiger partial charge >= 0.3 is 0 Å². The van der Waals surface area contributed by atoms with Crippen LogP contribution in [-0.2, 0) is 11.3 Å². The molecule has 8 heteroatoms. The molecule has 0 radical (unpaired) electrons. The molecule has 0 aliphatic carbocycles. The fourth-order valence-electron chi connectivity index (χ4n) is 3.25. The molecule has 7 nitrogen and oxygen atoms in total. The zero-order valence-corrected chi connectivity index (χ0v) is 17.8. The van der Waals surface area contributed by atoms with Crippen molar-refractivity contribution in [3.05, 3.63) is 47.3 Å². The summed E-state index contributed by atoms with van der Waals surface area (Å²) in [5, 5.41) is 12.9. The standard InChI is InChI=1S/C21H29N5O2S/c1-22-21(25-17-9-11-26(12-10-17)20-4-3-13-29-20)24-15-19(27)23-14-16-5-7-18(28-2)8-6-16/h3-8,13,17H,9-12,14-15H2,1-2H3,(H,23,27)(H2,22,24,25). The number of thiophene rings is 1. The fraction of sp³-hybridized carbons (Fsp3) is 0.429. The number of aliphatic imine (C=N–C) groups is 1. The van der Waals surface area contributed by atoms with Crippen LogP contribution < -0.4 is 25.6 Å². The summed E-state index contributed by atoms with van der Waals surface area (Å²) in [6.45, 7) is 2.72. The minimum Gasteiger partial charge on any atom is -0.497 e. The second-order valence-electron chi connectivity index (χ2n) is 6.91. The molecule has 1 fully saturated rings. The van der Waals surface area contributed by atoms with Gasteiger partial charge in [-0.15, -0.1) is 11.3 Å². The Labute approximate surface area is 176 Å². The average Bonchev–Trinajstić information content (AvgIpc) is 3.31. The number of amides is 1. The first-order valence-corrected chi connectivity index (χ1v) is 10.7. The lowest BCUT2D eigenvalue weighted by Crippen LogP contribution is -2.50. The molecule has 1 saturated heterocycles. The lowest BCUT2D eigenvalue weighted by Gasteiger charge is -2.33. The molecule has 1 aromatic heterocycles. The van der Waals surface area contributed by atoms with Crippen LogP contribution in [0, 0.1) is 0 Å². The van der Waals surface area contributed by atoms with E-state index in [2.05, 4.69) is 43.4 Å². The number of hydrogen-bond acceptors (Lipinski definition) is 5. The van der Waals surface area contributed by atoms with E-state index in [-0.39, 0.29) is 12.5 Å². The molecular formula is C21H29N5O2S. The number of carbonyl (C=O) groups is 1. The highest BCUT2D eigenvalue weighted by molar-refractivity contribution is 7.14. The molecule has 0 unspecified atom stereocenters. The lowest BCUT2D eigenvalue weighted by molar-refractivity contribution is -0.120. The largest absolute Gasteiger partial charge is 0.497 e. The fourth-order valence-corrected chi connectivity index (χ4v) is 4.04. The van der Waals surface area contributed by atoms with Crippen LogP contribution in [0.15, 0.2) is 46.8 Å². The summed E-state index contributed by atoms with van der Waals surface area (Å²) >= 11 is 1.78. The van der Waals surface area contributed by atoms with Gasteiger partial charge in [-0.1, -0.05) is 12.1 Å². The highest BCUT2D eigenvalue weighted by Crippen LogP contribution is 2.24. The van der Waals surface area contributed by atoms with Crippen molar-refractivity contribution >= 4 is 28.2 Å². The van der Waals surface area contributed by atoms with Crippen LogP contribution in [-0.4, -0.2) is 51.7 Å². The topological polar surface area (TPSA) is 78.0 Å². The molecule has 29 heavy (non-hydrogen) atoms. The minimum atomic E-state index is -0.0729. The number of anilines is 1. The molecule has 0 saturated carbocycles. The number of ether oxygens (including phenoxy) is 1. The highest BCUT2D eigenvalue weighted by atomic mass is 32.1. The predicted octanol–water partition coefficient (Wildman–Crippen LogP) is 2.21. The van der Waals surface area contributed by atoms with Gasteiger partial charge in [0.2, 0.25) is 5.91 Å². The van der Waals surface area contributed by atoms with Crippen LogP contribution in [0.4, 0.5) is 5.00 Å². The van der Waals surface area contributed by atoms with Crippen LogP contribution in [0.3, 0.4) is 0 Å². The van der Waals surface area contributed by atoms with Gasteiger partial charge in [0.1, 0.15) is 5.75 Å². The van der Waals surface area contributed by atoms with E-state index >= 15 is 0 Å². The molecule has 0 atom stereocenters. The minimum absolute atomic E-state index is 0.0729. The van der Waals surface area contributed by atoms with Crippen molar-refractivity contribution in [1.82, 2.24) is 16.0 Å². The van der Waals surface area contributed by atoms with E-state index in [9.17, 15) is 4.79 Å². The third-order valence-corrected chi connectivity index (χ3v) is 5.87. The molecule has 1 aliphatic heterocycles. The maximum Gasteiger partial charge on any atom is 0.239 e. The molecule has 0 spiro atoms. The van der Waals surface area contributed by atoms with E-state index in [1.165, 1.54) is 5.00 Å². The highest BCUT2D eigenvalue weighted by Gasteiger charge is 2.20. The average molecular weight is 416 g/mol. The second kappa shape index (κ2) is 10.7. The molecule has 1 amide bonds. The molecule has 2 aromatic rings. The summed E-state index contributed by atoms with van der Waals surface area (Å²) in [5.41, 5.74) is 1.03. The van der Waals surface area contributed by atoms with Gasteiger partial charge in [-0.05, 0) is 48.1 Å². The van der Waals surface area contributed by atoms with Crippen LogP contribution in [0.25, 0.3) is 0 Å².